The Labute approximate surface area is 136 Å². The Morgan fingerprint density at radius 3 is 2.71 bits per heavy atom. The van der Waals surface area contributed by atoms with Gasteiger partial charge in [0.1, 0.15) is 16.9 Å². The number of β-amino-alcohol motifs (C(OH)–C–C–N with tert-alkyl or cyclic N) is 1. The fraction of sp³-hybridized carbons (Fsp3) is 0.235. The number of amides is 1. The summed E-state index contributed by atoms with van der Waals surface area (Å²) in [6, 6.07) is 10.9. The maximum atomic E-state index is 13.1. The van der Waals surface area contributed by atoms with Crippen LogP contribution >= 0.6 is 0 Å². The Hall–Kier alpha value is -2.80. The number of nitrogens with one attached hydrogen (secondary N) is 1. The van der Waals surface area contributed by atoms with Crippen molar-refractivity contribution in [2.24, 2.45) is 0 Å². The summed E-state index contributed by atoms with van der Waals surface area (Å²) >= 11 is 0. The number of hydrogen-bond acceptors (Lipinski definition) is 4. The standard InChI is InChI=1S/C17H15FN4O2/c18-12-4-1-10(2-5-12)16-8-13(23)9-22(16)17(24)11-3-6-14-15(7-11)20-21-19-14/h1-7,13,16,23H,8-9H2,(H,19,20,21)/t13-,16-/m0/s1. The van der Waals surface area contributed by atoms with Crippen LogP contribution in [0.5, 0.6) is 0 Å². The topological polar surface area (TPSA) is 82.1 Å². The molecule has 1 amide bonds. The molecule has 1 aliphatic heterocycles. The average Bonchev–Trinajstić information content (AvgIpc) is 3.20. The third kappa shape index (κ3) is 2.52. The molecule has 24 heavy (non-hydrogen) atoms. The maximum absolute atomic E-state index is 13.1. The van der Waals surface area contributed by atoms with E-state index >= 15 is 0 Å². The molecule has 2 N–H and O–H groups in total. The van der Waals surface area contributed by atoms with Crippen molar-refractivity contribution in [3.63, 3.8) is 0 Å². The van der Waals surface area contributed by atoms with Crippen LogP contribution in [0.2, 0.25) is 0 Å². The molecule has 0 unspecified atom stereocenters. The van der Waals surface area contributed by atoms with Crippen LogP contribution in [-0.2, 0) is 0 Å². The molecule has 0 radical (unpaired) electrons. The van der Waals surface area contributed by atoms with Gasteiger partial charge in [0.2, 0.25) is 0 Å². The van der Waals surface area contributed by atoms with Crippen molar-refractivity contribution in [1.29, 1.82) is 0 Å². The Morgan fingerprint density at radius 2 is 1.92 bits per heavy atom. The van der Waals surface area contributed by atoms with Crippen LogP contribution in [0.3, 0.4) is 0 Å². The van der Waals surface area contributed by atoms with Crippen molar-refractivity contribution in [2.75, 3.05) is 6.54 Å². The van der Waals surface area contributed by atoms with Crippen molar-refractivity contribution in [1.82, 2.24) is 20.3 Å². The molecule has 0 aliphatic carbocycles. The van der Waals surface area contributed by atoms with Gasteiger partial charge in [0.15, 0.2) is 0 Å². The third-order valence-corrected chi connectivity index (χ3v) is 4.36. The van der Waals surface area contributed by atoms with Gasteiger partial charge < -0.3 is 10.0 Å². The first-order chi connectivity index (χ1) is 11.6. The number of aliphatic hydroxyl groups excluding tert-OH is 1. The van der Waals surface area contributed by atoms with Crippen LogP contribution in [0.1, 0.15) is 28.4 Å². The lowest BCUT2D eigenvalue weighted by atomic mass is 10.0. The molecule has 4 rings (SSSR count). The molecular formula is C17H15FN4O2. The number of aliphatic hydroxyl groups is 1. The van der Waals surface area contributed by atoms with E-state index in [4.69, 9.17) is 0 Å². The van der Waals surface area contributed by atoms with E-state index in [9.17, 15) is 14.3 Å². The molecule has 2 heterocycles. The summed E-state index contributed by atoms with van der Waals surface area (Å²) in [6.07, 6.45) is -0.163. The fourth-order valence-corrected chi connectivity index (χ4v) is 3.18. The molecule has 1 aromatic heterocycles. The number of likely N-dealkylation sites (tertiary alicyclic amines) is 1. The molecule has 1 saturated heterocycles. The van der Waals surface area contributed by atoms with Crippen molar-refractivity contribution in [3.8, 4) is 0 Å². The number of aromatic nitrogens is 3. The predicted octanol–water partition coefficient (Wildman–Crippen LogP) is 2.05. The van der Waals surface area contributed by atoms with E-state index in [1.165, 1.54) is 12.1 Å². The number of nitrogens with zero attached hydrogens (tertiary/aromatic N) is 3. The number of carbonyl (C=O) groups is 1. The number of rotatable bonds is 2. The minimum absolute atomic E-state index is 0.189. The van der Waals surface area contributed by atoms with Crippen LogP contribution in [0, 0.1) is 5.82 Å². The second kappa shape index (κ2) is 5.68. The van der Waals surface area contributed by atoms with Crippen LogP contribution in [-0.4, -0.2) is 44.0 Å². The van der Waals surface area contributed by atoms with E-state index in [0.717, 1.165) is 5.56 Å². The summed E-state index contributed by atoms with van der Waals surface area (Å²) in [4.78, 5) is 14.5. The van der Waals surface area contributed by atoms with Gasteiger partial charge in [-0.3, -0.25) is 4.79 Å². The maximum Gasteiger partial charge on any atom is 0.254 e. The Kier molecular flexibility index (Phi) is 3.50. The molecule has 0 saturated carbocycles. The molecular weight excluding hydrogens is 311 g/mol. The SMILES string of the molecule is O=C(c1ccc2n[nH]nc2c1)N1C[C@@H](O)C[C@H]1c1ccc(F)cc1. The summed E-state index contributed by atoms with van der Waals surface area (Å²) in [5.74, 6) is -0.516. The molecule has 6 nitrogen and oxygen atoms in total. The van der Waals surface area contributed by atoms with Crippen molar-refractivity contribution < 1.29 is 14.3 Å². The highest BCUT2D eigenvalue weighted by Crippen LogP contribution is 2.33. The second-order valence-electron chi connectivity index (χ2n) is 5.94. The molecule has 7 heteroatoms. The van der Waals surface area contributed by atoms with Crippen LogP contribution in [0.15, 0.2) is 42.5 Å². The summed E-state index contributed by atoms with van der Waals surface area (Å²) in [6.45, 7) is 0.248. The van der Waals surface area contributed by atoms with Crippen molar-refractivity contribution in [3.05, 3.63) is 59.4 Å². The zero-order valence-electron chi connectivity index (χ0n) is 12.7. The number of fused-ring (bicyclic) bond motifs is 1. The summed E-state index contributed by atoms with van der Waals surface area (Å²) in [5, 5.41) is 20.5. The Balaban J connectivity index is 1.67. The van der Waals surface area contributed by atoms with E-state index in [2.05, 4.69) is 15.4 Å². The molecule has 0 bridgehead atoms. The van der Waals surface area contributed by atoms with Gasteiger partial charge in [0, 0.05) is 12.1 Å². The zero-order chi connectivity index (χ0) is 16.7. The molecule has 3 aromatic rings. The number of benzene rings is 2. The largest absolute Gasteiger partial charge is 0.391 e. The molecule has 2 aromatic carbocycles. The highest BCUT2D eigenvalue weighted by atomic mass is 19.1. The minimum Gasteiger partial charge on any atom is -0.391 e. The number of carbonyl (C=O) groups excluding carboxylic acids is 1. The molecule has 2 atom stereocenters. The molecule has 122 valence electrons. The van der Waals surface area contributed by atoms with Crippen LogP contribution in [0.4, 0.5) is 4.39 Å². The van der Waals surface area contributed by atoms with E-state index in [-0.39, 0.29) is 24.3 Å². The van der Waals surface area contributed by atoms with E-state index in [1.807, 2.05) is 0 Å². The van der Waals surface area contributed by atoms with Gasteiger partial charge in [-0.2, -0.15) is 15.4 Å². The van der Waals surface area contributed by atoms with Crippen molar-refractivity contribution >= 4 is 16.9 Å². The molecule has 0 spiro atoms. The van der Waals surface area contributed by atoms with E-state index in [1.54, 1.807) is 35.2 Å². The highest BCUT2D eigenvalue weighted by molar-refractivity contribution is 5.97. The lowest BCUT2D eigenvalue weighted by Crippen LogP contribution is -2.31. The van der Waals surface area contributed by atoms with Crippen LogP contribution < -0.4 is 0 Å². The smallest absolute Gasteiger partial charge is 0.254 e. The Morgan fingerprint density at radius 1 is 1.17 bits per heavy atom. The van der Waals surface area contributed by atoms with Gasteiger partial charge in [0.25, 0.3) is 5.91 Å². The third-order valence-electron chi connectivity index (χ3n) is 4.36. The van der Waals surface area contributed by atoms with E-state index < -0.39 is 6.10 Å². The lowest BCUT2D eigenvalue weighted by Gasteiger charge is -2.25. The minimum atomic E-state index is -0.597. The molecule has 1 aliphatic rings. The van der Waals surface area contributed by atoms with Gasteiger partial charge in [-0.05, 0) is 42.3 Å². The highest BCUT2D eigenvalue weighted by Gasteiger charge is 2.35. The van der Waals surface area contributed by atoms with Gasteiger partial charge in [0.05, 0.1) is 12.1 Å². The summed E-state index contributed by atoms with van der Waals surface area (Å²) in [5.41, 5.74) is 2.59. The number of hydrogen-bond donors (Lipinski definition) is 2. The van der Waals surface area contributed by atoms with Gasteiger partial charge in [-0.25, -0.2) is 4.39 Å². The van der Waals surface area contributed by atoms with Gasteiger partial charge >= 0.3 is 0 Å². The number of aromatic amines is 1. The first-order valence-electron chi connectivity index (χ1n) is 7.67. The summed E-state index contributed by atoms with van der Waals surface area (Å²) < 4.78 is 13.1. The fourth-order valence-electron chi connectivity index (χ4n) is 3.18. The van der Waals surface area contributed by atoms with Crippen molar-refractivity contribution in [2.45, 2.75) is 18.6 Å². The van der Waals surface area contributed by atoms with Crippen LogP contribution in [0.25, 0.3) is 11.0 Å². The number of H-pyrrole nitrogens is 1. The van der Waals surface area contributed by atoms with Gasteiger partial charge in [-0.1, -0.05) is 12.1 Å². The van der Waals surface area contributed by atoms with Gasteiger partial charge in [-0.15, -0.1) is 0 Å². The normalized spacial score (nSPS) is 20.7. The first-order valence-corrected chi connectivity index (χ1v) is 7.67. The average molecular weight is 326 g/mol. The lowest BCUT2D eigenvalue weighted by molar-refractivity contribution is 0.0716. The first kappa shape index (κ1) is 14.8. The predicted molar refractivity (Wildman–Crippen MR) is 84.7 cm³/mol. The van der Waals surface area contributed by atoms with E-state index in [0.29, 0.717) is 23.0 Å². The quantitative estimate of drug-likeness (QED) is 0.755. The molecule has 1 fully saturated rings. The summed E-state index contributed by atoms with van der Waals surface area (Å²) in [7, 11) is 0. The number of halogens is 1. The second-order valence-corrected chi connectivity index (χ2v) is 5.94. The Bertz CT molecular complexity index is 893. The monoisotopic (exact) mass is 326 g/mol. The zero-order valence-corrected chi connectivity index (χ0v) is 12.7.